The number of rotatable bonds is 4. The normalized spacial score (nSPS) is 39.6. The first-order valence-electron chi connectivity index (χ1n) is 11.0. The summed E-state index contributed by atoms with van der Waals surface area (Å²) in [6, 6.07) is 0.671. The minimum absolute atomic E-state index is 0.0532. The van der Waals surface area contributed by atoms with Crippen molar-refractivity contribution < 1.29 is 13.6 Å². The number of nitrogens with zero attached hydrogens (tertiary/aromatic N) is 1. The number of hydrogen-bond acceptors (Lipinski definition) is 4. The van der Waals surface area contributed by atoms with Crippen LogP contribution in [-0.4, -0.2) is 42.5 Å². The monoisotopic (exact) mass is 397 g/mol. The summed E-state index contributed by atoms with van der Waals surface area (Å²) in [5.74, 6) is 0.825. The molecule has 0 aromatic heterocycles. The number of carbonyl (C=O) groups excluding carboxylic acids is 1. The highest BCUT2D eigenvalue weighted by atomic mass is 19.1. The first kappa shape index (κ1) is 20.0. The van der Waals surface area contributed by atoms with Crippen molar-refractivity contribution in [3.63, 3.8) is 0 Å². The molecular formula is C20H33F2N5O. The molecule has 1 saturated heterocycles. The summed E-state index contributed by atoms with van der Waals surface area (Å²) in [5, 5.41) is 6.28. The smallest absolute Gasteiger partial charge is 0.229 e. The Bertz CT molecular complexity index is 569. The van der Waals surface area contributed by atoms with Gasteiger partial charge in [0.2, 0.25) is 5.91 Å². The first-order valence-corrected chi connectivity index (χ1v) is 11.0. The second-order valence-electron chi connectivity index (χ2n) is 8.99. The van der Waals surface area contributed by atoms with E-state index in [1.54, 1.807) is 0 Å². The second kappa shape index (κ2) is 9.03. The van der Waals surface area contributed by atoms with Crippen LogP contribution in [0.4, 0.5) is 8.78 Å². The van der Waals surface area contributed by atoms with Crippen LogP contribution < -0.4 is 21.5 Å². The van der Waals surface area contributed by atoms with E-state index in [0.29, 0.717) is 62.5 Å². The highest BCUT2D eigenvalue weighted by molar-refractivity contribution is 5.98. The molecule has 4 aliphatic rings. The van der Waals surface area contributed by atoms with E-state index in [-0.39, 0.29) is 18.0 Å². The minimum Gasteiger partial charge on any atom is -0.353 e. The summed E-state index contributed by atoms with van der Waals surface area (Å²) in [7, 11) is 0. The van der Waals surface area contributed by atoms with E-state index >= 15 is 0 Å². The van der Waals surface area contributed by atoms with Crippen LogP contribution >= 0.6 is 0 Å². The van der Waals surface area contributed by atoms with E-state index in [9.17, 15) is 13.6 Å². The lowest BCUT2D eigenvalue weighted by molar-refractivity contribution is -0.124. The summed E-state index contributed by atoms with van der Waals surface area (Å²) in [6.07, 6.45) is 6.78. The average molecular weight is 398 g/mol. The van der Waals surface area contributed by atoms with Gasteiger partial charge in [-0.2, -0.15) is 0 Å². The van der Waals surface area contributed by atoms with Crippen molar-refractivity contribution in [2.24, 2.45) is 16.8 Å². The fourth-order valence-corrected chi connectivity index (χ4v) is 4.65. The Morgan fingerprint density at radius 1 is 0.857 bits per heavy atom. The van der Waals surface area contributed by atoms with Gasteiger partial charge in [0.05, 0.1) is 0 Å². The van der Waals surface area contributed by atoms with E-state index in [4.69, 9.17) is 4.99 Å². The maximum atomic E-state index is 13.4. The molecule has 2 atom stereocenters. The summed E-state index contributed by atoms with van der Waals surface area (Å²) < 4.78 is 26.7. The Labute approximate surface area is 165 Å². The molecule has 0 spiro atoms. The number of amides is 1. The average Bonchev–Trinajstić information content (AvgIpc) is 3.38. The molecule has 8 heteroatoms. The summed E-state index contributed by atoms with van der Waals surface area (Å²) >= 11 is 0. The SMILES string of the molecule is O=C(N/C(=N/C1CC(C2CCC(F)CC2)NN1)NC1CC1)C1CCC(F)CC1. The Morgan fingerprint density at radius 2 is 1.50 bits per heavy atom. The lowest BCUT2D eigenvalue weighted by Crippen LogP contribution is -2.46. The van der Waals surface area contributed by atoms with E-state index in [0.717, 1.165) is 32.1 Å². The molecular weight excluding hydrogens is 364 g/mol. The molecule has 0 aromatic rings. The van der Waals surface area contributed by atoms with Gasteiger partial charge < -0.3 is 5.32 Å². The third kappa shape index (κ3) is 5.41. The molecule has 4 fully saturated rings. The molecule has 4 rings (SSSR count). The zero-order valence-electron chi connectivity index (χ0n) is 16.4. The number of guanidine groups is 1. The van der Waals surface area contributed by atoms with Crippen LogP contribution in [0.2, 0.25) is 0 Å². The molecule has 4 N–H and O–H groups in total. The third-order valence-electron chi connectivity index (χ3n) is 6.66. The molecule has 1 heterocycles. The molecule has 0 bridgehead atoms. The lowest BCUT2D eigenvalue weighted by atomic mass is 9.82. The van der Waals surface area contributed by atoms with Gasteiger partial charge in [-0.25, -0.2) is 19.2 Å². The highest BCUT2D eigenvalue weighted by Crippen LogP contribution is 2.31. The van der Waals surface area contributed by atoms with Crippen LogP contribution in [0, 0.1) is 11.8 Å². The Morgan fingerprint density at radius 3 is 2.14 bits per heavy atom. The van der Waals surface area contributed by atoms with E-state index in [2.05, 4.69) is 21.5 Å². The Kier molecular flexibility index (Phi) is 6.45. The van der Waals surface area contributed by atoms with Crippen LogP contribution in [-0.2, 0) is 4.79 Å². The fraction of sp³-hybridized carbons (Fsp3) is 0.900. The minimum atomic E-state index is -0.764. The highest BCUT2D eigenvalue weighted by Gasteiger charge is 2.34. The molecule has 3 aliphatic carbocycles. The van der Waals surface area contributed by atoms with Gasteiger partial charge in [0.15, 0.2) is 5.96 Å². The number of hydrazine groups is 1. The molecule has 3 saturated carbocycles. The number of carbonyl (C=O) groups is 1. The van der Waals surface area contributed by atoms with Gasteiger partial charge in [-0.3, -0.25) is 15.5 Å². The van der Waals surface area contributed by atoms with Crippen molar-refractivity contribution in [1.29, 1.82) is 0 Å². The largest absolute Gasteiger partial charge is 0.353 e. The molecule has 28 heavy (non-hydrogen) atoms. The van der Waals surface area contributed by atoms with Crippen LogP contribution in [0.3, 0.4) is 0 Å². The predicted octanol–water partition coefficient (Wildman–Crippen LogP) is 2.46. The lowest BCUT2D eigenvalue weighted by Gasteiger charge is -2.28. The second-order valence-corrected chi connectivity index (χ2v) is 8.99. The van der Waals surface area contributed by atoms with Gasteiger partial charge in [-0.1, -0.05) is 0 Å². The standard InChI is InChI=1S/C20H33F2N5O/c21-14-5-1-12(2-6-14)17-11-18(27-26-17)24-20(23-16-9-10-16)25-19(28)13-3-7-15(22)8-4-13/h12-18,26-27H,1-11H2,(H2,23,24,25,28). The number of aliphatic imine (C=N–C) groups is 1. The summed E-state index contributed by atoms with van der Waals surface area (Å²) in [5.41, 5.74) is 6.55. The molecule has 0 aromatic carbocycles. The van der Waals surface area contributed by atoms with Crippen molar-refractivity contribution in [1.82, 2.24) is 21.5 Å². The van der Waals surface area contributed by atoms with Crippen molar-refractivity contribution in [2.75, 3.05) is 0 Å². The number of hydrogen-bond donors (Lipinski definition) is 4. The van der Waals surface area contributed by atoms with Gasteiger partial charge in [-0.05, 0) is 70.1 Å². The van der Waals surface area contributed by atoms with Crippen molar-refractivity contribution in [2.45, 2.75) is 101 Å². The molecule has 6 nitrogen and oxygen atoms in total. The molecule has 1 amide bonds. The van der Waals surface area contributed by atoms with Crippen LogP contribution in [0.1, 0.15) is 70.6 Å². The van der Waals surface area contributed by atoms with Gasteiger partial charge >= 0.3 is 0 Å². The van der Waals surface area contributed by atoms with E-state index in [1.165, 1.54) is 0 Å². The zero-order chi connectivity index (χ0) is 19.5. The van der Waals surface area contributed by atoms with Crippen LogP contribution in [0.5, 0.6) is 0 Å². The number of nitrogens with one attached hydrogen (secondary N) is 4. The van der Waals surface area contributed by atoms with Crippen LogP contribution in [0.25, 0.3) is 0 Å². The Balaban J connectivity index is 1.32. The third-order valence-corrected chi connectivity index (χ3v) is 6.66. The quantitative estimate of drug-likeness (QED) is 0.434. The fourth-order valence-electron chi connectivity index (χ4n) is 4.65. The maximum Gasteiger partial charge on any atom is 0.229 e. The van der Waals surface area contributed by atoms with E-state index in [1.807, 2.05) is 0 Å². The number of alkyl halides is 2. The van der Waals surface area contributed by atoms with Crippen molar-refractivity contribution in [3.05, 3.63) is 0 Å². The van der Waals surface area contributed by atoms with Crippen molar-refractivity contribution >= 4 is 11.9 Å². The zero-order valence-corrected chi connectivity index (χ0v) is 16.4. The molecule has 0 radical (unpaired) electrons. The number of halogens is 2. The maximum absolute atomic E-state index is 13.4. The van der Waals surface area contributed by atoms with Crippen molar-refractivity contribution in [3.8, 4) is 0 Å². The van der Waals surface area contributed by atoms with Gasteiger partial charge in [-0.15, -0.1) is 0 Å². The topological polar surface area (TPSA) is 77.5 Å². The van der Waals surface area contributed by atoms with Gasteiger partial charge in [0.25, 0.3) is 0 Å². The van der Waals surface area contributed by atoms with Gasteiger partial charge in [0, 0.05) is 24.4 Å². The molecule has 2 unspecified atom stereocenters. The van der Waals surface area contributed by atoms with E-state index < -0.39 is 12.3 Å². The Hall–Kier alpha value is -1.28. The molecule has 158 valence electrons. The first-order chi connectivity index (χ1) is 13.6. The predicted molar refractivity (Wildman–Crippen MR) is 104 cm³/mol. The summed E-state index contributed by atoms with van der Waals surface area (Å²) in [4.78, 5) is 17.3. The molecule has 1 aliphatic heterocycles. The summed E-state index contributed by atoms with van der Waals surface area (Å²) in [6.45, 7) is 0. The van der Waals surface area contributed by atoms with Crippen LogP contribution in [0.15, 0.2) is 4.99 Å². The van der Waals surface area contributed by atoms with Gasteiger partial charge in [0.1, 0.15) is 18.5 Å².